The Balaban J connectivity index is 1.000. The minimum Gasteiger partial charge on any atom is -0.309 e. The molecule has 10 aromatic carbocycles. The number of nitrogens with zero attached hydrogens (tertiary/aromatic N) is 4. The average molecular weight is 815 g/mol. The summed E-state index contributed by atoms with van der Waals surface area (Å²) < 4.78 is 9.77. The predicted molar refractivity (Wildman–Crippen MR) is 269 cm³/mol. The Hall–Kier alpha value is -8.60. The zero-order valence-corrected chi connectivity index (χ0v) is 34.7. The lowest BCUT2D eigenvalue weighted by molar-refractivity contribution is 1.13. The first-order valence-electron chi connectivity index (χ1n) is 22.0. The van der Waals surface area contributed by atoms with Gasteiger partial charge in [-0.05, 0) is 96.1 Å². The second kappa shape index (κ2) is 13.4. The lowest BCUT2D eigenvalue weighted by atomic mass is 10.0. The molecule has 0 fully saturated rings. The van der Waals surface area contributed by atoms with Gasteiger partial charge in [0.25, 0.3) is 0 Å². The van der Waals surface area contributed by atoms with Crippen LogP contribution < -0.4 is 0 Å². The van der Waals surface area contributed by atoms with Crippen molar-refractivity contribution >= 4 is 87.2 Å². The fourth-order valence-electron chi connectivity index (χ4n) is 10.9. The summed E-state index contributed by atoms with van der Waals surface area (Å²) in [6, 6.07) is 84.5. The van der Waals surface area contributed by atoms with E-state index in [1.807, 2.05) is 0 Å². The van der Waals surface area contributed by atoms with Crippen LogP contribution in [0, 0.1) is 0 Å². The van der Waals surface area contributed by atoms with E-state index in [1.54, 1.807) is 0 Å². The molecule has 0 aliphatic rings. The van der Waals surface area contributed by atoms with Crippen molar-refractivity contribution in [3.63, 3.8) is 0 Å². The molecule has 4 nitrogen and oxygen atoms in total. The van der Waals surface area contributed by atoms with Crippen LogP contribution in [0.25, 0.3) is 121 Å². The van der Waals surface area contributed by atoms with Crippen LogP contribution in [0.15, 0.2) is 231 Å². The Bertz CT molecular complexity index is 3940. The third kappa shape index (κ3) is 4.93. The quantitative estimate of drug-likeness (QED) is 0.165. The van der Waals surface area contributed by atoms with Crippen molar-refractivity contribution in [3.05, 3.63) is 231 Å². The zero-order chi connectivity index (χ0) is 41.9. The van der Waals surface area contributed by atoms with Crippen LogP contribution in [0.4, 0.5) is 0 Å². The fraction of sp³-hybridized carbons (Fsp3) is 0. The van der Waals surface area contributed by atoms with E-state index in [0.717, 1.165) is 33.9 Å². The third-order valence-corrected chi connectivity index (χ3v) is 13.5. The number of aromatic nitrogens is 4. The van der Waals surface area contributed by atoms with Crippen molar-refractivity contribution in [2.24, 2.45) is 0 Å². The van der Waals surface area contributed by atoms with Crippen molar-refractivity contribution in [1.82, 2.24) is 18.3 Å². The maximum absolute atomic E-state index is 2.45. The number of rotatable bonds is 5. The van der Waals surface area contributed by atoms with E-state index in [9.17, 15) is 0 Å². The van der Waals surface area contributed by atoms with Gasteiger partial charge in [0.1, 0.15) is 0 Å². The molecule has 0 atom stereocenters. The monoisotopic (exact) mass is 814 g/mol. The van der Waals surface area contributed by atoms with Crippen LogP contribution >= 0.6 is 0 Å². The first-order valence-corrected chi connectivity index (χ1v) is 22.0. The summed E-state index contributed by atoms with van der Waals surface area (Å²) in [6.07, 6.45) is 0. The smallest absolute Gasteiger partial charge is 0.0641 e. The van der Waals surface area contributed by atoms with Gasteiger partial charge in [-0.1, -0.05) is 146 Å². The fourth-order valence-corrected chi connectivity index (χ4v) is 10.9. The van der Waals surface area contributed by atoms with Crippen LogP contribution in [0.2, 0.25) is 0 Å². The van der Waals surface area contributed by atoms with E-state index >= 15 is 0 Å². The van der Waals surface area contributed by atoms with Crippen LogP contribution in [0.5, 0.6) is 0 Å². The van der Waals surface area contributed by atoms with Crippen molar-refractivity contribution in [2.45, 2.75) is 0 Å². The van der Waals surface area contributed by atoms with Crippen molar-refractivity contribution in [2.75, 3.05) is 0 Å². The standard InChI is InChI=1S/C60H38N4/c1-2-16-41(17-3-1)64-56-28-14-8-22-49(56)50-34-35-58-59(60(50)64)51-23-9-15-29-57(51)61(58)42-32-30-39(31-33-42)40-36-43(62-52-24-10-4-18-45(52)46-19-5-11-25-53(46)62)38-44(37-40)63-54-26-12-6-20-47(54)48-21-7-13-27-55(48)63/h1-38H. The largest absolute Gasteiger partial charge is 0.309 e. The first kappa shape index (κ1) is 35.0. The summed E-state index contributed by atoms with van der Waals surface area (Å²) in [5, 5.41) is 10.0. The molecule has 0 unspecified atom stereocenters. The molecule has 0 saturated heterocycles. The number of benzene rings is 10. The highest BCUT2D eigenvalue weighted by Crippen LogP contribution is 2.43. The molecule has 0 aliphatic carbocycles. The molecule has 64 heavy (non-hydrogen) atoms. The van der Waals surface area contributed by atoms with Gasteiger partial charge in [0.05, 0.1) is 44.1 Å². The second-order valence-corrected chi connectivity index (χ2v) is 16.9. The van der Waals surface area contributed by atoms with Crippen LogP contribution in [-0.2, 0) is 0 Å². The van der Waals surface area contributed by atoms with Gasteiger partial charge in [0.2, 0.25) is 0 Å². The minimum absolute atomic E-state index is 1.12. The molecular formula is C60H38N4. The van der Waals surface area contributed by atoms with Gasteiger partial charge in [-0.2, -0.15) is 0 Å². The molecule has 4 aromatic heterocycles. The Kier molecular flexibility index (Phi) is 7.36. The number of hydrogen-bond acceptors (Lipinski definition) is 0. The number of para-hydroxylation sites is 7. The molecule has 0 bridgehead atoms. The maximum atomic E-state index is 2.45. The lowest BCUT2D eigenvalue weighted by Crippen LogP contribution is -2.00. The minimum atomic E-state index is 1.12. The van der Waals surface area contributed by atoms with Crippen molar-refractivity contribution < 1.29 is 0 Å². The van der Waals surface area contributed by atoms with Gasteiger partial charge >= 0.3 is 0 Å². The van der Waals surface area contributed by atoms with Gasteiger partial charge in [0, 0.05) is 65.8 Å². The molecule has 0 spiro atoms. The molecule has 4 heteroatoms. The highest BCUT2D eigenvalue weighted by molar-refractivity contribution is 6.26. The summed E-state index contributed by atoms with van der Waals surface area (Å²) >= 11 is 0. The Morgan fingerprint density at radius 3 is 1.08 bits per heavy atom. The summed E-state index contributed by atoms with van der Waals surface area (Å²) in [4.78, 5) is 0. The first-order chi connectivity index (χ1) is 31.8. The summed E-state index contributed by atoms with van der Waals surface area (Å²) in [5.74, 6) is 0. The van der Waals surface area contributed by atoms with E-state index in [-0.39, 0.29) is 0 Å². The molecule has 0 N–H and O–H groups in total. The van der Waals surface area contributed by atoms with Crippen molar-refractivity contribution in [1.29, 1.82) is 0 Å². The highest BCUT2D eigenvalue weighted by atomic mass is 15.0. The Morgan fingerprint density at radius 2 is 0.578 bits per heavy atom. The predicted octanol–water partition coefficient (Wildman–Crippen LogP) is 15.7. The third-order valence-electron chi connectivity index (χ3n) is 13.5. The molecule has 0 saturated carbocycles. The molecule has 298 valence electrons. The number of fused-ring (bicyclic) bond motifs is 13. The number of hydrogen-bond donors (Lipinski definition) is 0. The van der Waals surface area contributed by atoms with Crippen LogP contribution in [0.1, 0.15) is 0 Å². The Labute approximate surface area is 368 Å². The Morgan fingerprint density at radius 1 is 0.203 bits per heavy atom. The highest BCUT2D eigenvalue weighted by Gasteiger charge is 2.22. The van der Waals surface area contributed by atoms with Crippen LogP contribution in [0.3, 0.4) is 0 Å². The van der Waals surface area contributed by atoms with Gasteiger partial charge in [-0.25, -0.2) is 0 Å². The lowest BCUT2D eigenvalue weighted by Gasteiger charge is -2.16. The molecule has 0 aliphatic heterocycles. The van der Waals surface area contributed by atoms with E-state index in [1.165, 1.54) is 87.2 Å². The van der Waals surface area contributed by atoms with Gasteiger partial charge in [-0.3, -0.25) is 0 Å². The summed E-state index contributed by atoms with van der Waals surface area (Å²) in [5.41, 5.74) is 16.4. The molecule has 0 radical (unpaired) electrons. The molecule has 4 heterocycles. The topological polar surface area (TPSA) is 19.7 Å². The SMILES string of the molecule is c1ccc(-n2c3ccccc3c3ccc4c(c5ccccc5n4-c4ccc(-c5cc(-n6c7ccccc7c7ccccc76)cc(-n6c7ccccc7c7ccccc76)c5)cc4)c32)cc1. The normalized spacial score (nSPS) is 12.1. The van der Waals surface area contributed by atoms with E-state index in [2.05, 4.69) is 249 Å². The summed E-state index contributed by atoms with van der Waals surface area (Å²) in [7, 11) is 0. The zero-order valence-electron chi connectivity index (χ0n) is 34.7. The molecule has 14 rings (SSSR count). The second-order valence-electron chi connectivity index (χ2n) is 16.9. The average Bonchev–Trinajstić information content (AvgIpc) is 4.09. The van der Waals surface area contributed by atoms with E-state index < -0.39 is 0 Å². The van der Waals surface area contributed by atoms with Gasteiger partial charge < -0.3 is 18.3 Å². The van der Waals surface area contributed by atoms with Gasteiger partial charge in [0.15, 0.2) is 0 Å². The van der Waals surface area contributed by atoms with Crippen LogP contribution in [-0.4, -0.2) is 18.3 Å². The van der Waals surface area contributed by atoms with E-state index in [0.29, 0.717) is 0 Å². The van der Waals surface area contributed by atoms with Gasteiger partial charge in [-0.15, -0.1) is 0 Å². The maximum Gasteiger partial charge on any atom is 0.0641 e. The van der Waals surface area contributed by atoms with Crippen molar-refractivity contribution in [3.8, 4) is 33.9 Å². The molecule has 14 aromatic rings. The summed E-state index contributed by atoms with van der Waals surface area (Å²) in [6.45, 7) is 0. The van der Waals surface area contributed by atoms with E-state index in [4.69, 9.17) is 0 Å². The molecule has 0 amide bonds. The molecular weight excluding hydrogens is 777 g/mol.